The molecule has 3 aromatic heterocycles. The third-order valence-electron chi connectivity index (χ3n) is 5.42. The molecule has 5 rings (SSSR count). The Bertz CT molecular complexity index is 1320. The van der Waals surface area contributed by atoms with Crippen LogP contribution < -0.4 is 15.6 Å². The van der Waals surface area contributed by atoms with Gasteiger partial charge in [0.2, 0.25) is 5.91 Å². The van der Waals surface area contributed by atoms with E-state index in [1.54, 1.807) is 30.0 Å². The van der Waals surface area contributed by atoms with E-state index < -0.39 is 0 Å². The van der Waals surface area contributed by atoms with Gasteiger partial charge in [0.1, 0.15) is 17.8 Å². The van der Waals surface area contributed by atoms with Gasteiger partial charge in [-0.15, -0.1) is 0 Å². The molecule has 0 unspecified atom stereocenters. The van der Waals surface area contributed by atoms with E-state index in [2.05, 4.69) is 15.4 Å². The molecule has 1 aromatic carbocycles. The second-order valence-corrected chi connectivity index (χ2v) is 7.47. The molecule has 0 spiro atoms. The number of fused-ring (bicyclic) bond motifs is 3. The highest BCUT2D eigenvalue weighted by molar-refractivity contribution is 5.80. The summed E-state index contributed by atoms with van der Waals surface area (Å²) < 4.78 is 8.39. The summed E-state index contributed by atoms with van der Waals surface area (Å²) in [5.41, 5.74) is 3.12. The summed E-state index contributed by atoms with van der Waals surface area (Å²) in [6.07, 6.45) is 3.85. The molecule has 0 bridgehead atoms. The fourth-order valence-electron chi connectivity index (χ4n) is 3.70. The fraction of sp³-hybridized carbons (Fsp3) is 0.273. The second-order valence-electron chi connectivity index (χ2n) is 7.47. The Balaban J connectivity index is 1.48. The first kappa shape index (κ1) is 18.4. The van der Waals surface area contributed by atoms with Gasteiger partial charge in [-0.25, -0.2) is 9.50 Å². The molecule has 1 aliphatic rings. The number of ether oxygens (including phenoxy) is 1. The van der Waals surface area contributed by atoms with Crippen molar-refractivity contribution in [3.8, 4) is 5.75 Å². The zero-order valence-electron chi connectivity index (χ0n) is 16.5. The van der Waals surface area contributed by atoms with Crippen molar-refractivity contribution in [3.05, 3.63) is 70.3 Å². The smallest absolute Gasteiger partial charge is 0.277 e. The molecule has 4 aromatic rings. The minimum absolute atomic E-state index is 0.101. The van der Waals surface area contributed by atoms with Crippen molar-refractivity contribution in [2.75, 3.05) is 7.11 Å². The first-order valence-electron chi connectivity index (χ1n) is 9.91. The van der Waals surface area contributed by atoms with Crippen LogP contribution in [0.25, 0.3) is 16.7 Å². The number of hydrogen-bond acceptors (Lipinski definition) is 5. The van der Waals surface area contributed by atoms with Crippen molar-refractivity contribution in [2.45, 2.75) is 31.8 Å². The normalized spacial score (nSPS) is 13.6. The summed E-state index contributed by atoms with van der Waals surface area (Å²) in [4.78, 5) is 30.3. The SMILES string of the molecule is COc1ccccc1CNC(=O)Cn1c(=O)c2cc(C3CC3)nn2c2ncccc21. The van der Waals surface area contributed by atoms with Crippen LogP contribution in [-0.4, -0.2) is 32.2 Å². The van der Waals surface area contributed by atoms with Crippen LogP contribution in [0.3, 0.4) is 0 Å². The van der Waals surface area contributed by atoms with E-state index in [1.807, 2.05) is 30.3 Å². The number of rotatable bonds is 6. The lowest BCUT2D eigenvalue weighted by atomic mass is 10.2. The largest absolute Gasteiger partial charge is 0.496 e. The van der Waals surface area contributed by atoms with Crippen LogP contribution in [0.5, 0.6) is 5.75 Å². The zero-order chi connectivity index (χ0) is 20.7. The van der Waals surface area contributed by atoms with Crippen LogP contribution in [0, 0.1) is 0 Å². The first-order chi connectivity index (χ1) is 14.7. The highest BCUT2D eigenvalue weighted by Crippen LogP contribution is 2.39. The van der Waals surface area contributed by atoms with Gasteiger partial charge in [0.05, 0.1) is 18.3 Å². The van der Waals surface area contributed by atoms with Crippen molar-refractivity contribution >= 4 is 22.6 Å². The Morgan fingerprint density at radius 2 is 2.03 bits per heavy atom. The second kappa shape index (κ2) is 7.29. The van der Waals surface area contributed by atoms with Crippen molar-refractivity contribution in [1.82, 2.24) is 24.5 Å². The minimum atomic E-state index is -0.264. The molecule has 8 nitrogen and oxygen atoms in total. The number of amides is 1. The molecule has 30 heavy (non-hydrogen) atoms. The summed E-state index contributed by atoms with van der Waals surface area (Å²) in [7, 11) is 1.59. The van der Waals surface area contributed by atoms with Gasteiger partial charge in [-0.1, -0.05) is 18.2 Å². The van der Waals surface area contributed by atoms with Crippen molar-refractivity contribution in [1.29, 1.82) is 0 Å². The van der Waals surface area contributed by atoms with Gasteiger partial charge in [0, 0.05) is 24.2 Å². The van der Waals surface area contributed by atoms with Gasteiger partial charge in [-0.2, -0.15) is 5.10 Å². The van der Waals surface area contributed by atoms with Gasteiger partial charge in [-0.3, -0.25) is 14.2 Å². The Hall–Kier alpha value is -3.68. The van der Waals surface area contributed by atoms with Crippen molar-refractivity contribution < 1.29 is 9.53 Å². The lowest BCUT2D eigenvalue weighted by Gasteiger charge is -2.12. The molecule has 1 N–H and O–H groups in total. The number of nitrogens with zero attached hydrogens (tertiary/aromatic N) is 4. The fourth-order valence-corrected chi connectivity index (χ4v) is 3.70. The molecule has 0 atom stereocenters. The van der Waals surface area contributed by atoms with Crippen LogP contribution >= 0.6 is 0 Å². The van der Waals surface area contributed by atoms with Gasteiger partial charge in [0.15, 0.2) is 5.65 Å². The van der Waals surface area contributed by atoms with E-state index in [9.17, 15) is 9.59 Å². The Kier molecular flexibility index (Phi) is 4.46. The minimum Gasteiger partial charge on any atom is -0.496 e. The standard InChI is InChI=1S/C22H21N5O3/c1-30-19-7-3-2-5-15(19)12-24-20(28)13-26-17-6-4-10-23-21(17)27-18(22(26)29)11-16(25-27)14-8-9-14/h2-7,10-11,14H,8-9,12-13H2,1H3,(H,24,28). The summed E-state index contributed by atoms with van der Waals surface area (Å²) in [6.45, 7) is 0.213. The predicted octanol–water partition coefficient (Wildman–Crippen LogP) is 2.25. The Morgan fingerprint density at radius 3 is 2.83 bits per heavy atom. The summed E-state index contributed by atoms with van der Waals surface area (Å²) >= 11 is 0. The topological polar surface area (TPSA) is 90.5 Å². The molecular formula is C22H21N5O3. The molecule has 152 valence electrons. The van der Waals surface area contributed by atoms with Crippen molar-refractivity contribution in [2.24, 2.45) is 0 Å². The number of para-hydroxylation sites is 1. The van der Waals surface area contributed by atoms with E-state index in [-0.39, 0.29) is 18.0 Å². The van der Waals surface area contributed by atoms with Crippen molar-refractivity contribution in [3.63, 3.8) is 0 Å². The summed E-state index contributed by atoms with van der Waals surface area (Å²) in [5.74, 6) is 0.859. The maximum Gasteiger partial charge on any atom is 0.277 e. The Labute approximate surface area is 172 Å². The van der Waals surface area contributed by atoms with Gasteiger partial charge in [-0.05, 0) is 37.1 Å². The number of pyridine rings is 1. The zero-order valence-corrected chi connectivity index (χ0v) is 16.5. The highest BCUT2D eigenvalue weighted by Gasteiger charge is 2.28. The van der Waals surface area contributed by atoms with Crippen LogP contribution in [0.1, 0.15) is 30.0 Å². The molecule has 1 fully saturated rings. The molecule has 0 radical (unpaired) electrons. The number of methoxy groups -OCH3 is 1. The number of carbonyl (C=O) groups excluding carboxylic acids is 1. The van der Waals surface area contributed by atoms with E-state index >= 15 is 0 Å². The molecule has 1 aliphatic carbocycles. The number of carbonyl (C=O) groups is 1. The Morgan fingerprint density at radius 1 is 1.20 bits per heavy atom. The predicted molar refractivity (Wildman–Crippen MR) is 112 cm³/mol. The molecule has 0 saturated heterocycles. The molecule has 1 amide bonds. The molecular weight excluding hydrogens is 382 g/mol. The number of benzene rings is 1. The summed E-state index contributed by atoms with van der Waals surface area (Å²) in [5, 5.41) is 7.48. The molecule has 3 heterocycles. The van der Waals surface area contributed by atoms with Crippen LogP contribution in [0.15, 0.2) is 53.5 Å². The monoisotopic (exact) mass is 403 g/mol. The summed E-state index contributed by atoms with van der Waals surface area (Å²) in [6, 6.07) is 12.9. The number of hydrogen-bond donors (Lipinski definition) is 1. The van der Waals surface area contributed by atoms with E-state index in [1.165, 1.54) is 4.57 Å². The van der Waals surface area contributed by atoms with Gasteiger partial charge >= 0.3 is 0 Å². The molecule has 0 aliphatic heterocycles. The third-order valence-corrected chi connectivity index (χ3v) is 5.42. The maximum atomic E-state index is 13.2. The van der Waals surface area contributed by atoms with Crippen LogP contribution in [0.2, 0.25) is 0 Å². The maximum absolute atomic E-state index is 13.2. The van der Waals surface area contributed by atoms with Gasteiger partial charge < -0.3 is 10.1 Å². The first-order valence-corrected chi connectivity index (χ1v) is 9.91. The van der Waals surface area contributed by atoms with E-state index in [0.29, 0.717) is 34.9 Å². The lowest BCUT2D eigenvalue weighted by Crippen LogP contribution is -2.33. The van der Waals surface area contributed by atoms with E-state index in [4.69, 9.17) is 4.74 Å². The van der Waals surface area contributed by atoms with E-state index in [0.717, 1.165) is 24.1 Å². The number of aromatic nitrogens is 4. The number of nitrogens with one attached hydrogen (secondary N) is 1. The van der Waals surface area contributed by atoms with Crippen LogP contribution in [-0.2, 0) is 17.9 Å². The third kappa shape index (κ3) is 3.20. The lowest BCUT2D eigenvalue weighted by molar-refractivity contribution is -0.121. The highest BCUT2D eigenvalue weighted by atomic mass is 16.5. The average Bonchev–Trinajstić information content (AvgIpc) is 3.53. The molecule has 8 heteroatoms. The van der Waals surface area contributed by atoms with Gasteiger partial charge in [0.25, 0.3) is 5.56 Å². The average molecular weight is 403 g/mol. The molecule has 1 saturated carbocycles. The quantitative estimate of drug-likeness (QED) is 0.533. The van der Waals surface area contributed by atoms with Crippen LogP contribution in [0.4, 0.5) is 0 Å².